The van der Waals surface area contributed by atoms with E-state index in [2.05, 4.69) is 50.3 Å². The minimum Gasteiger partial charge on any atom is -0.462 e. The molecule has 0 aliphatic rings. The Morgan fingerprint density at radius 2 is 1.06 bits per heavy atom. The van der Waals surface area contributed by atoms with Crippen LogP contribution in [0.2, 0.25) is 0 Å². The molecule has 0 aromatic heterocycles. The van der Waals surface area contributed by atoms with Gasteiger partial charge in [0.05, 0.1) is 27.7 Å². The Morgan fingerprint density at radius 3 is 1.60 bits per heavy atom. The van der Waals surface area contributed by atoms with E-state index in [4.69, 9.17) is 18.5 Å². The molecule has 0 saturated heterocycles. The molecular formula is C42H69NO8P+. The van der Waals surface area contributed by atoms with Crippen molar-refractivity contribution in [3.8, 4) is 0 Å². The van der Waals surface area contributed by atoms with E-state index in [1.54, 1.807) is 0 Å². The average Bonchev–Trinajstić information content (AvgIpc) is 3.09. The van der Waals surface area contributed by atoms with Gasteiger partial charge < -0.3 is 18.9 Å². The Balaban J connectivity index is 4.59. The summed E-state index contributed by atoms with van der Waals surface area (Å²) in [5.74, 6) is -0.914. The molecule has 0 spiro atoms. The molecule has 0 bridgehead atoms. The highest BCUT2D eigenvalue weighted by Gasteiger charge is 2.27. The highest BCUT2D eigenvalue weighted by molar-refractivity contribution is 7.47. The summed E-state index contributed by atoms with van der Waals surface area (Å²) in [6.07, 6.45) is 43.3. The molecule has 1 N–H and O–H groups in total. The molecule has 10 heteroatoms. The normalized spacial score (nSPS) is 14.8. The van der Waals surface area contributed by atoms with Crippen molar-refractivity contribution >= 4 is 19.8 Å². The zero-order valence-electron chi connectivity index (χ0n) is 32.7. The Hall–Kier alpha value is -3.07. The third kappa shape index (κ3) is 36.7. The lowest BCUT2D eigenvalue weighted by Crippen LogP contribution is -2.37. The minimum atomic E-state index is -4.40. The number of phosphoric acid groups is 1. The summed E-state index contributed by atoms with van der Waals surface area (Å²) in [5, 5.41) is 0. The molecule has 0 rings (SSSR count). The first kappa shape index (κ1) is 48.9. The second kappa shape index (κ2) is 33.7. The third-order valence-corrected chi connectivity index (χ3v) is 8.28. The van der Waals surface area contributed by atoms with Gasteiger partial charge in [0.2, 0.25) is 0 Å². The van der Waals surface area contributed by atoms with Crippen molar-refractivity contribution < 1.29 is 42.1 Å². The van der Waals surface area contributed by atoms with E-state index in [1.165, 1.54) is 19.3 Å². The van der Waals surface area contributed by atoms with Gasteiger partial charge in [-0.2, -0.15) is 0 Å². The van der Waals surface area contributed by atoms with E-state index in [9.17, 15) is 19.0 Å². The summed E-state index contributed by atoms with van der Waals surface area (Å²) in [5.41, 5.74) is 0. The predicted molar refractivity (Wildman–Crippen MR) is 215 cm³/mol. The summed E-state index contributed by atoms with van der Waals surface area (Å²) < 4.78 is 34.0. The van der Waals surface area contributed by atoms with Gasteiger partial charge in [-0.05, 0) is 44.9 Å². The fourth-order valence-corrected chi connectivity index (χ4v) is 5.08. The van der Waals surface area contributed by atoms with E-state index >= 15 is 0 Å². The van der Waals surface area contributed by atoms with Gasteiger partial charge >= 0.3 is 19.8 Å². The third-order valence-electron chi connectivity index (χ3n) is 7.30. The van der Waals surface area contributed by atoms with E-state index in [0.29, 0.717) is 30.3 Å². The molecule has 9 nitrogen and oxygen atoms in total. The number of carbonyl (C=O) groups is 2. The van der Waals surface area contributed by atoms with Gasteiger partial charge in [0.1, 0.15) is 19.8 Å². The van der Waals surface area contributed by atoms with E-state index in [-0.39, 0.29) is 26.1 Å². The molecule has 0 radical (unpaired) electrons. The van der Waals surface area contributed by atoms with Crippen LogP contribution in [0.1, 0.15) is 104 Å². The summed E-state index contributed by atoms with van der Waals surface area (Å²) in [7, 11) is 1.40. The second-order valence-electron chi connectivity index (χ2n) is 13.4. The SMILES string of the molecule is CC/C=C/C=C/C=C/C=C/C=C/CCCC(=O)OC(COC(=O)CCCCCCCCC/C=C/C=C/C=C/CC)COP(=O)(O)OCC[N+](C)(C)C. The van der Waals surface area contributed by atoms with Crippen molar-refractivity contribution in [1.82, 2.24) is 0 Å². The Labute approximate surface area is 315 Å². The standard InChI is InChI=1S/C42H68NO8P/c1-6-8-10-12-14-16-18-20-21-23-24-26-28-30-32-34-41(44)48-38-40(39-50-52(46,47)49-37-36-43(3,4)5)51-42(45)35-33-31-29-27-25-22-19-17-15-13-11-9-7-2/h8-19,22,25,27,29,40H,6-7,20-21,23-24,26,28,30-39H2,1-5H3/p+1/b10-8+,11-9+,14-12+,15-13+,18-16+,19-17+,25-22+,29-27+. The fourth-order valence-electron chi connectivity index (χ4n) is 4.34. The second-order valence-corrected chi connectivity index (χ2v) is 14.8. The number of hydrogen-bond donors (Lipinski definition) is 1. The van der Waals surface area contributed by atoms with Crippen molar-refractivity contribution in [3.63, 3.8) is 0 Å². The van der Waals surface area contributed by atoms with E-state index < -0.39 is 32.5 Å². The topological polar surface area (TPSA) is 108 Å². The van der Waals surface area contributed by atoms with Gasteiger partial charge in [0.15, 0.2) is 6.10 Å². The monoisotopic (exact) mass is 746 g/mol. The molecule has 0 aromatic carbocycles. The molecule has 0 aromatic rings. The van der Waals surface area contributed by atoms with E-state index in [0.717, 1.165) is 38.5 Å². The van der Waals surface area contributed by atoms with Crippen molar-refractivity contribution in [2.75, 3.05) is 47.5 Å². The van der Waals surface area contributed by atoms with Crippen LogP contribution in [0.4, 0.5) is 0 Å². The maximum absolute atomic E-state index is 12.6. The van der Waals surface area contributed by atoms with Crippen LogP contribution in [-0.4, -0.2) is 74.9 Å². The smallest absolute Gasteiger partial charge is 0.462 e. The highest BCUT2D eigenvalue weighted by Crippen LogP contribution is 2.43. The quantitative estimate of drug-likeness (QED) is 0.0238. The molecule has 0 aliphatic carbocycles. The van der Waals surface area contributed by atoms with Crippen molar-refractivity contribution in [1.29, 1.82) is 0 Å². The number of unbranched alkanes of at least 4 members (excludes halogenated alkanes) is 8. The van der Waals surface area contributed by atoms with Gasteiger partial charge in [0, 0.05) is 12.8 Å². The Bertz CT molecular complexity index is 1210. The number of quaternary nitrogens is 1. The first-order valence-electron chi connectivity index (χ1n) is 19.1. The molecule has 0 aliphatic heterocycles. The first-order valence-corrected chi connectivity index (χ1v) is 20.6. The van der Waals surface area contributed by atoms with Gasteiger partial charge in [-0.3, -0.25) is 18.6 Å². The summed E-state index contributed by atoms with van der Waals surface area (Å²) >= 11 is 0. The number of likely N-dealkylation sites (N-methyl/N-ethyl adjacent to an activating group) is 1. The molecule has 0 amide bonds. The van der Waals surface area contributed by atoms with Gasteiger partial charge in [-0.25, -0.2) is 4.57 Å². The van der Waals surface area contributed by atoms with Crippen LogP contribution in [-0.2, 0) is 32.7 Å². The van der Waals surface area contributed by atoms with Crippen LogP contribution in [0.15, 0.2) is 97.2 Å². The molecule has 2 atom stereocenters. The summed E-state index contributed by atoms with van der Waals surface area (Å²) in [6, 6.07) is 0. The molecule has 52 heavy (non-hydrogen) atoms. The van der Waals surface area contributed by atoms with E-state index in [1.807, 2.05) is 81.9 Å². The van der Waals surface area contributed by atoms with Crippen LogP contribution < -0.4 is 0 Å². The van der Waals surface area contributed by atoms with Crippen LogP contribution in [0.5, 0.6) is 0 Å². The zero-order chi connectivity index (χ0) is 38.6. The van der Waals surface area contributed by atoms with Crippen LogP contribution >= 0.6 is 7.82 Å². The lowest BCUT2D eigenvalue weighted by molar-refractivity contribution is -0.870. The summed E-state index contributed by atoms with van der Waals surface area (Å²) in [6.45, 7) is 4.00. The molecule has 0 heterocycles. The minimum absolute atomic E-state index is 0.00991. The molecule has 0 saturated carbocycles. The number of phosphoric ester groups is 1. The van der Waals surface area contributed by atoms with Gasteiger partial charge in [0.25, 0.3) is 0 Å². The lowest BCUT2D eigenvalue weighted by Gasteiger charge is -2.24. The number of esters is 2. The maximum atomic E-state index is 12.6. The predicted octanol–water partition coefficient (Wildman–Crippen LogP) is 10.2. The summed E-state index contributed by atoms with van der Waals surface area (Å²) in [4.78, 5) is 35.2. The number of ether oxygens (including phenoxy) is 2. The number of rotatable bonds is 32. The number of carbonyl (C=O) groups excluding carboxylic acids is 2. The van der Waals surface area contributed by atoms with Crippen LogP contribution in [0.25, 0.3) is 0 Å². The average molecular weight is 747 g/mol. The van der Waals surface area contributed by atoms with Crippen molar-refractivity contribution in [2.24, 2.45) is 0 Å². The Morgan fingerprint density at radius 1 is 0.596 bits per heavy atom. The molecule has 0 fully saturated rings. The number of hydrogen-bond acceptors (Lipinski definition) is 7. The maximum Gasteiger partial charge on any atom is 0.472 e. The van der Waals surface area contributed by atoms with Crippen molar-refractivity contribution in [3.05, 3.63) is 97.2 Å². The zero-order valence-corrected chi connectivity index (χ0v) is 33.6. The first-order chi connectivity index (χ1) is 25.0. The Kier molecular flexibility index (Phi) is 31.8. The van der Waals surface area contributed by atoms with Crippen LogP contribution in [0, 0.1) is 0 Å². The number of nitrogens with zero attached hydrogens (tertiary/aromatic N) is 1. The number of allylic oxidation sites excluding steroid dienone is 16. The van der Waals surface area contributed by atoms with Crippen LogP contribution in [0.3, 0.4) is 0 Å². The fraction of sp³-hybridized carbons (Fsp3) is 0.571. The molecular weight excluding hydrogens is 677 g/mol. The lowest BCUT2D eigenvalue weighted by atomic mass is 10.1. The highest BCUT2D eigenvalue weighted by atomic mass is 31.2. The van der Waals surface area contributed by atoms with Gasteiger partial charge in [-0.15, -0.1) is 0 Å². The largest absolute Gasteiger partial charge is 0.472 e. The molecule has 2 unspecified atom stereocenters. The van der Waals surface area contributed by atoms with Gasteiger partial charge in [-0.1, -0.05) is 143 Å². The molecule has 294 valence electrons. The van der Waals surface area contributed by atoms with Crippen molar-refractivity contribution in [2.45, 2.75) is 110 Å².